The van der Waals surface area contributed by atoms with E-state index in [1.807, 2.05) is 55.6 Å². The van der Waals surface area contributed by atoms with Gasteiger partial charge in [-0.25, -0.2) is 14.6 Å². The van der Waals surface area contributed by atoms with E-state index in [-0.39, 0.29) is 5.91 Å². The Morgan fingerprint density at radius 1 is 0.935 bits per heavy atom. The van der Waals surface area contributed by atoms with Crippen molar-refractivity contribution in [1.29, 1.82) is 0 Å². The number of carbonyl (C=O) groups is 1. The highest BCUT2D eigenvalue weighted by Crippen LogP contribution is 2.18. The van der Waals surface area contributed by atoms with Gasteiger partial charge < -0.3 is 9.80 Å². The summed E-state index contributed by atoms with van der Waals surface area (Å²) in [5.74, 6) is 2.13. The molecule has 10 nitrogen and oxygen atoms in total. The number of anilines is 1. The Labute approximate surface area is 178 Å². The van der Waals surface area contributed by atoms with Crippen LogP contribution in [0.5, 0.6) is 0 Å². The van der Waals surface area contributed by atoms with Gasteiger partial charge in [-0.05, 0) is 25.1 Å². The average Bonchev–Trinajstić information content (AvgIpc) is 3.52. The number of aryl methyl sites for hydroxylation is 1. The van der Waals surface area contributed by atoms with E-state index in [2.05, 4.69) is 30.2 Å². The molecule has 4 heterocycles. The molecule has 31 heavy (non-hydrogen) atoms. The van der Waals surface area contributed by atoms with Crippen LogP contribution in [0.4, 0.5) is 5.82 Å². The molecule has 1 aliphatic heterocycles. The summed E-state index contributed by atoms with van der Waals surface area (Å²) in [4.78, 5) is 27.4. The SMILES string of the molecule is Cc1nc(N2CCN(C(=O)c3cnn(-c4ccccc4)n3)CC2)cc(-n2cccn2)n1. The number of piperazine rings is 1. The Morgan fingerprint density at radius 3 is 2.45 bits per heavy atom. The number of carbonyl (C=O) groups excluding carboxylic acids is 1. The van der Waals surface area contributed by atoms with Crippen molar-refractivity contribution in [2.75, 3.05) is 31.1 Å². The minimum Gasteiger partial charge on any atom is -0.353 e. The maximum Gasteiger partial charge on any atom is 0.276 e. The largest absolute Gasteiger partial charge is 0.353 e. The number of nitrogens with zero attached hydrogens (tertiary/aromatic N) is 9. The van der Waals surface area contributed by atoms with Gasteiger partial charge in [0.2, 0.25) is 0 Å². The van der Waals surface area contributed by atoms with Gasteiger partial charge in [0.05, 0.1) is 11.9 Å². The van der Waals surface area contributed by atoms with Crippen LogP contribution in [0.3, 0.4) is 0 Å². The third kappa shape index (κ3) is 3.87. The van der Waals surface area contributed by atoms with E-state index in [4.69, 9.17) is 0 Å². The van der Waals surface area contributed by atoms with Crippen LogP contribution >= 0.6 is 0 Å². The second-order valence-corrected chi connectivity index (χ2v) is 7.22. The number of amides is 1. The summed E-state index contributed by atoms with van der Waals surface area (Å²) in [5, 5.41) is 12.8. The first-order valence-electron chi connectivity index (χ1n) is 10.0. The lowest BCUT2D eigenvalue weighted by Crippen LogP contribution is -2.49. The van der Waals surface area contributed by atoms with E-state index < -0.39 is 0 Å². The maximum atomic E-state index is 12.9. The topological polar surface area (TPSA) is 97.9 Å². The standard InChI is InChI=1S/C21H21N9O/c1-16-24-19(14-20(25-16)29-9-5-8-22-29)27-10-12-28(13-11-27)21(31)18-15-23-30(26-18)17-6-3-2-4-7-17/h2-9,14-15H,10-13H2,1H3. The van der Waals surface area contributed by atoms with Gasteiger partial charge in [-0.15, -0.1) is 5.10 Å². The van der Waals surface area contributed by atoms with Crippen LogP contribution in [-0.4, -0.2) is 71.7 Å². The molecule has 3 aromatic heterocycles. The fraction of sp³-hybridized carbons (Fsp3) is 0.238. The van der Waals surface area contributed by atoms with Crippen LogP contribution in [0, 0.1) is 6.92 Å². The molecular formula is C21H21N9O. The van der Waals surface area contributed by atoms with E-state index in [1.165, 1.54) is 11.0 Å². The van der Waals surface area contributed by atoms with Crippen molar-refractivity contribution < 1.29 is 4.79 Å². The first-order valence-corrected chi connectivity index (χ1v) is 10.0. The molecule has 5 rings (SSSR count). The zero-order valence-electron chi connectivity index (χ0n) is 17.0. The van der Waals surface area contributed by atoms with Gasteiger partial charge in [0.25, 0.3) is 5.91 Å². The van der Waals surface area contributed by atoms with E-state index in [1.54, 1.807) is 15.8 Å². The quantitative estimate of drug-likeness (QED) is 0.498. The Hall–Kier alpha value is -4.08. The Balaban J connectivity index is 1.27. The minimum atomic E-state index is -0.113. The van der Waals surface area contributed by atoms with Gasteiger partial charge in [0.15, 0.2) is 11.5 Å². The molecule has 0 spiro atoms. The molecule has 1 fully saturated rings. The third-order valence-corrected chi connectivity index (χ3v) is 5.14. The lowest BCUT2D eigenvalue weighted by Gasteiger charge is -2.35. The third-order valence-electron chi connectivity index (χ3n) is 5.14. The monoisotopic (exact) mass is 415 g/mol. The summed E-state index contributed by atoms with van der Waals surface area (Å²) in [6.07, 6.45) is 5.09. The first kappa shape index (κ1) is 18.9. The smallest absolute Gasteiger partial charge is 0.276 e. The Morgan fingerprint density at radius 2 is 1.71 bits per heavy atom. The highest BCUT2D eigenvalue weighted by atomic mass is 16.2. The summed E-state index contributed by atoms with van der Waals surface area (Å²) in [6, 6.07) is 13.3. The Kier molecular flexibility index (Phi) is 4.87. The molecule has 4 aromatic rings. The van der Waals surface area contributed by atoms with Crippen molar-refractivity contribution in [1.82, 2.24) is 39.6 Å². The van der Waals surface area contributed by atoms with Gasteiger partial charge in [0, 0.05) is 44.6 Å². The fourth-order valence-electron chi connectivity index (χ4n) is 3.57. The van der Waals surface area contributed by atoms with Crippen LogP contribution in [0.2, 0.25) is 0 Å². The van der Waals surface area contributed by atoms with Crippen molar-refractivity contribution in [3.63, 3.8) is 0 Å². The number of hydrogen-bond acceptors (Lipinski definition) is 7. The Bertz CT molecular complexity index is 1180. The van der Waals surface area contributed by atoms with Gasteiger partial charge in [0.1, 0.15) is 11.6 Å². The summed E-state index contributed by atoms with van der Waals surface area (Å²) in [6.45, 7) is 4.38. The fourth-order valence-corrected chi connectivity index (χ4v) is 3.57. The molecule has 0 aliphatic carbocycles. The minimum absolute atomic E-state index is 0.113. The van der Waals surface area contributed by atoms with Crippen molar-refractivity contribution in [3.05, 3.63) is 72.6 Å². The lowest BCUT2D eigenvalue weighted by molar-refractivity contribution is 0.0740. The van der Waals surface area contributed by atoms with E-state index in [0.29, 0.717) is 37.7 Å². The molecular weight excluding hydrogens is 394 g/mol. The predicted octanol–water partition coefficient (Wildman–Crippen LogP) is 1.51. The van der Waals surface area contributed by atoms with Crippen LogP contribution < -0.4 is 4.90 Å². The molecule has 0 radical (unpaired) electrons. The second kappa shape index (κ2) is 7.98. The molecule has 1 aromatic carbocycles. The predicted molar refractivity (Wildman–Crippen MR) is 113 cm³/mol. The van der Waals surface area contributed by atoms with E-state index in [9.17, 15) is 4.79 Å². The average molecular weight is 415 g/mol. The van der Waals surface area contributed by atoms with Crippen LogP contribution in [0.15, 0.2) is 61.1 Å². The van der Waals surface area contributed by atoms with Crippen LogP contribution in [0.1, 0.15) is 16.3 Å². The van der Waals surface area contributed by atoms with Crippen molar-refractivity contribution in [2.24, 2.45) is 0 Å². The van der Waals surface area contributed by atoms with Gasteiger partial charge in [-0.3, -0.25) is 4.79 Å². The van der Waals surface area contributed by atoms with Crippen molar-refractivity contribution >= 4 is 11.7 Å². The molecule has 0 saturated carbocycles. The number of para-hydroxylation sites is 1. The van der Waals surface area contributed by atoms with Crippen LogP contribution in [-0.2, 0) is 0 Å². The molecule has 10 heteroatoms. The molecule has 0 atom stereocenters. The van der Waals surface area contributed by atoms with E-state index >= 15 is 0 Å². The molecule has 0 unspecified atom stereocenters. The second-order valence-electron chi connectivity index (χ2n) is 7.22. The zero-order valence-corrected chi connectivity index (χ0v) is 17.0. The molecule has 156 valence electrons. The van der Waals surface area contributed by atoms with E-state index in [0.717, 1.165) is 17.3 Å². The zero-order chi connectivity index (χ0) is 21.2. The lowest BCUT2D eigenvalue weighted by atomic mass is 10.2. The summed E-state index contributed by atoms with van der Waals surface area (Å²) < 4.78 is 1.72. The van der Waals surface area contributed by atoms with Crippen molar-refractivity contribution in [2.45, 2.75) is 6.92 Å². The number of hydrogen-bond donors (Lipinski definition) is 0. The normalized spacial score (nSPS) is 14.1. The molecule has 1 aliphatic rings. The number of aromatic nitrogens is 7. The number of rotatable bonds is 4. The first-order chi connectivity index (χ1) is 15.2. The number of benzene rings is 1. The van der Waals surface area contributed by atoms with Gasteiger partial charge in [-0.1, -0.05) is 18.2 Å². The summed E-state index contributed by atoms with van der Waals surface area (Å²) >= 11 is 0. The highest BCUT2D eigenvalue weighted by Gasteiger charge is 2.25. The highest BCUT2D eigenvalue weighted by molar-refractivity contribution is 5.92. The van der Waals surface area contributed by atoms with Crippen LogP contribution in [0.25, 0.3) is 11.5 Å². The van der Waals surface area contributed by atoms with Gasteiger partial charge >= 0.3 is 0 Å². The van der Waals surface area contributed by atoms with Crippen molar-refractivity contribution in [3.8, 4) is 11.5 Å². The maximum absolute atomic E-state index is 12.9. The summed E-state index contributed by atoms with van der Waals surface area (Å²) in [7, 11) is 0. The molecule has 0 bridgehead atoms. The molecule has 1 amide bonds. The molecule has 1 saturated heterocycles. The van der Waals surface area contributed by atoms with Gasteiger partial charge in [-0.2, -0.15) is 15.0 Å². The summed E-state index contributed by atoms with van der Waals surface area (Å²) in [5.41, 5.74) is 1.16. The molecule has 0 N–H and O–H groups in total.